The lowest BCUT2D eigenvalue weighted by Gasteiger charge is -2.12. The number of aromatic nitrogens is 2. The first kappa shape index (κ1) is 15.0. The molecule has 0 saturated heterocycles. The van der Waals surface area contributed by atoms with Crippen molar-refractivity contribution in [3.8, 4) is 10.6 Å². The number of non-ortho nitro benzene ring substituents is 1. The second-order valence-electron chi connectivity index (χ2n) is 6.06. The van der Waals surface area contributed by atoms with E-state index in [1.54, 1.807) is 10.6 Å². The zero-order chi connectivity index (χ0) is 16.7. The molecule has 0 atom stereocenters. The molecule has 0 spiro atoms. The predicted molar refractivity (Wildman–Crippen MR) is 93.3 cm³/mol. The van der Waals surface area contributed by atoms with E-state index < -0.39 is 4.92 Å². The number of thiophene rings is 1. The Kier molecular flexibility index (Phi) is 3.65. The number of fused-ring (bicyclic) bond motifs is 1. The minimum Gasteiger partial charge on any atom is -0.292 e. The summed E-state index contributed by atoms with van der Waals surface area (Å²) in [5.41, 5.74) is 0.955. The lowest BCUT2D eigenvalue weighted by molar-refractivity contribution is -0.384. The third-order valence-electron chi connectivity index (χ3n) is 4.39. The standard InChI is InChI=1S/C17H15N3O3S/c21-17-18-16(15-2-1-9-24-15)13-10-12(20(22)23)5-6-14(13)19(17)8-7-11-3-4-11/h1-2,5-6,9-11H,3-4,7-8H2. The Hall–Kier alpha value is -2.54. The monoisotopic (exact) mass is 341 g/mol. The van der Waals surface area contributed by atoms with Crippen LogP contribution < -0.4 is 5.69 Å². The summed E-state index contributed by atoms with van der Waals surface area (Å²) in [5, 5.41) is 13.7. The molecule has 6 nitrogen and oxygen atoms in total. The van der Waals surface area contributed by atoms with Crippen molar-refractivity contribution in [2.45, 2.75) is 25.8 Å². The number of hydrogen-bond donors (Lipinski definition) is 0. The Morgan fingerprint density at radius 1 is 1.33 bits per heavy atom. The summed E-state index contributed by atoms with van der Waals surface area (Å²) >= 11 is 1.47. The van der Waals surface area contributed by atoms with Gasteiger partial charge in [0.2, 0.25) is 0 Å². The Morgan fingerprint density at radius 3 is 2.83 bits per heavy atom. The summed E-state index contributed by atoms with van der Waals surface area (Å²) < 4.78 is 1.65. The van der Waals surface area contributed by atoms with Crippen LogP contribution in [0.1, 0.15) is 19.3 Å². The van der Waals surface area contributed by atoms with Crippen molar-refractivity contribution in [3.05, 3.63) is 56.3 Å². The Labute approximate surface area is 141 Å². The summed E-state index contributed by atoms with van der Waals surface area (Å²) in [4.78, 5) is 28.3. The average Bonchev–Trinajstić information content (AvgIpc) is 3.24. The summed E-state index contributed by atoms with van der Waals surface area (Å²) in [7, 11) is 0. The van der Waals surface area contributed by atoms with Crippen molar-refractivity contribution in [1.29, 1.82) is 0 Å². The highest BCUT2D eigenvalue weighted by Crippen LogP contribution is 2.34. The highest BCUT2D eigenvalue weighted by molar-refractivity contribution is 7.13. The van der Waals surface area contributed by atoms with Gasteiger partial charge in [0.25, 0.3) is 5.69 Å². The van der Waals surface area contributed by atoms with Gasteiger partial charge in [-0.25, -0.2) is 4.79 Å². The molecule has 1 aromatic carbocycles. The molecule has 1 fully saturated rings. The van der Waals surface area contributed by atoms with Gasteiger partial charge in [0.15, 0.2) is 0 Å². The third kappa shape index (κ3) is 2.71. The SMILES string of the molecule is O=c1nc(-c2cccs2)c2cc([N+](=O)[O-])ccc2n1CCC1CC1. The molecule has 0 radical (unpaired) electrons. The Bertz CT molecular complexity index is 975. The number of aryl methyl sites for hydroxylation is 1. The van der Waals surface area contributed by atoms with Gasteiger partial charge < -0.3 is 0 Å². The van der Waals surface area contributed by atoms with Crippen LogP contribution in [0.4, 0.5) is 5.69 Å². The van der Waals surface area contributed by atoms with Crippen LogP contribution in [0.15, 0.2) is 40.5 Å². The molecule has 7 heteroatoms. The van der Waals surface area contributed by atoms with E-state index in [9.17, 15) is 14.9 Å². The fraction of sp³-hybridized carbons (Fsp3) is 0.294. The van der Waals surface area contributed by atoms with Crippen LogP contribution in [0, 0.1) is 16.0 Å². The molecule has 0 amide bonds. The van der Waals surface area contributed by atoms with Gasteiger partial charge in [0, 0.05) is 24.1 Å². The second-order valence-corrected chi connectivity index (χ2v) is 7.01. The van der Waals surface area contributed by atoms with E-state index in [0.717, 1.165) is 11.3 Å². The number of benzene rings is 1. The maximum absolute atomic E-state index is 12.5. The van der Waals surface area contributed by atoms with Crippen molar-refractivity contribution >= 4 is 27.9 Å². The minimum atomic E-state index is -0.419. The molecule has 0 bridgehead atoms. The van der Waals surface area contributed by atoms with Crippen molar-refractivity contribution in [3.63, 3.8) is 0 Å². The highest BCUT2D eigenvalue weighted by Gasteiger charge is 2.22. The van der Waals surface area contributed by atoms with E-state index in [-0.39, 0.29) is 11.4 Å². The molecular formula is C17H15N3O3S. The van der Waals surface area contributed by atoms with Crippen molar-refractivity contribution in [1.82, 2.24) is 9.55 Å². The number of hydrogen-bond acceptors (Lipinski definition) is 5. The van der Waals surface area contributed by atoms with Gasteiger partial charge in [-0.1, -0.05) is 18.9 Å². The van der Waals surface area contributed by atoms with Crippen molar-refractivity contribution in [2.75, 3.05) is 0 Å². The summed E-state index contributed by atoms with van der Waals surface area (Å²) in [6.45, 7) is 0.607. The number of nitrogens with zero attached hydrogens (tertiary/aromatic N) is 3. The van der Waals surface area contributed by atoms with Crippen LogP contribution in [0.3, 0.4) is 0 Å². The zero-order valence-electron chi connectivity index (χ0n) is 12.8. The quantitative estimate of drug-likeness (QED) is 0.522. The fourth-order valence-corrected chi connectivity index (χ4v) is 3.65. The van der Waals surface area contributed by atoms with Crippen LogP contribution in [0.5, 0.6) is 0 Å². The maximum atomic E-state index is 12.5. The number of rotatable bonds is 5. The molecule has 1 saturated carbocycles. The van der Waals surface area contributed by atoms with E-state index >= 15 is 0 Å². The molecular weight excluding hydrogens is 326 g/mol. The maximum Gasteiger partial charge on any atom is 0.348 e. The lowest BCUT2D eigenvalue weighted by atomic mass is 10.1. The van der Waals surface area contributed by atoms with Crippen molar-refractivity contribution in [2.24, 2.45) is 5.92 Å². The van der Waals surface area contributed by atoms with Crippen LogP contribution >= 0.6 is 11.3 Å². The third-order valence-corrected chi connectivity index (χ3v) is 5.26. The van der Waals surface area contributed by atoms with Crippen LogP contribution in [0.25, 0.3) is 21.5 Å². The Morgan fingerprint density at radius 2 is 2.17 bits per heavy atom. The van der Waals surface area contributed by atoms with Gasteiger partial charge in [0.05, 0.1) is 21.0 Å². The largest absolute Gasteiger partial charge is 0.348 e. The fourth-order valence-electron chi connectivity index (χ4n) is 2.92. The van der Waals surface area contributed by atoms with Gasteiger partial charge >= 0.3 is 5.69 Å². The van der Waals surface area contributed by atoms with Gasteiger partial charge in [0.1, 0.15) is 0 Å². The molecule has 2 aromatic heterocycles. The first-order valence-electron chi connectivity index (χ1n) is 7.86. The molecule has 1 aliphatic rings. The first-order chi connectivity index (χ1) is 11.6. The molecule has 0 aliphatic heterocycles. The van der Waals surface area contributed by atoms with Gasteiger partial charge in [-0.2, -0.15) is 4.98 Å². The predicted octanol–water partition coefficient (Wildman–Crippen LogP) is 3.83. The topological polar surface area (TPSA) is 78.0 Å². The normalized spacial score (nSPS) is 14.2. The van der Waals surface area contributed by atoms with E-state index in [2.05, 4.69) is 4.98 Å². The molecule has 2 heterocycles. The highest BCUT2D eigenvalue weighted by atomic mass is 32.1. The molecule has 0 N–H and O–H groups in total. The zero-order valence-corrected chi connectivity index (χ0v) is 13.7. The summed E-state index contributed by atoms with van der Waals surface area (Å²) in [6, 6.07) is 8.39. The first-order valence-corrected chi connectivity index (χ1v) is 8.74. The number of nitro groups is 1. The van der Waals surface area contributed by atoms with Gasteiger partial charge in [-0.3, -0.25) is 14.7 Å². The van der Waals surface area contributed by atoms with E-state index in [0.29, 0.717) is 29.1 Å². The number of nitro benzene ring substituents is 1. The Balaban J connectivity index is 1.93. The van der Waals surface area contributed by atoms with Crippen LogP contribution in [-0.4, -0.2) is 14.5 Å². The molecule has 4 rings (SSSR count). The average molecular weight is 341 g/mol. The van der Waals surface area contributed by atoms with E-state index in [1.165, 1.54) is 36.3 Å². The molecule has 24 heavy (non-hydrogen) atoms. The second kappa shape index (κ2) is 5.83. The van der Waals surface area contributed by atoms with Gasteiger partial charge in [-0.05, 0) is 29.9 Å². The molecule has 0 unspecified atom stereocenters. The van der Waals surface area contributed by atoms with E-state index in [1.807, 2.05) is 17.5 Å². The molecule has 3 aromatic rings. The molecule has 1 aliphatic carbocycles. The summed E-state index contributed by atoms with van der Waals surface area (Å²) in [5.74, 6) is 0.696. The van der Waals surface area contributed by atoms with Gasteiger partial charge in [-0.15, -0.1) is 11.3 Å². The van der Waals surface area contributed by atoms with E-state index in [4.69, 9.17) is 0 Å². The van der Waals surface area contributed by atoms with Crippen LogP contribution in [-0.2, 0) is 6.54 Å². The minimum absolute atomic E-state index is 0.00879. The molecule has 122 valence electrons. The smallest absolute Gasteiger partial charge is 0.292 e. The summed E-state index contributed by atoms with van der Waals surface area (Å²) in [6.07, 6.45) is 3.39. The van der Waals surface area contributed by atoms with Crippen LogP contribution in [0.2, 0.25) is 0 Å². The lowest BCUT2D eigenvalue weighted by Crippen LogP contribution is -2.24. The van der Waals surface area contributed by atoms with Crippen molar-refractivity contribution < 1.29 is 4.92 Å².